The minimum atomic E-state index is -0.433. The molecule has 0 spiro atoms. The maximum atomic E-state index is 13.2. The molecule has 32 heavy (non-hydrogen) atoms. The number of nitrogens with zero attached hydrogens (tertiary/aromatic N) is 5. The molecule has 0 saturated heterocycles. The summed E-state index contributed by atoms with van der Waals surface area (Å²) in [5.74, 6) is -0.440. The van der Waals surface area contributed by atoms with Gasteiger partial charge in [-0.15, -0.1) is 5.10 Å². The third-order valence-corrected chi connectivity index (χ3v) is 5.84. The quantitative estimate of drug-likeness (QED) is 0.285. The van der Waals surface area contributed by atoms with Crippen LogP contribution < -0.4 is 5.32 Å². The van der Waals surface area contributed by atoms with Gasteiger partial charge in [-0.1, -0.05) is 32.9 Å². The average Bonchev–Trinajstić information content (AvgIpc) is 3.18. The van der Waals surface area contributed by atoms with Crippen LogP contribution in [0.5, 0.6) is 0 Å². The first-order valence-electron chi connectivity index (χ1n) is 9.61. The second kappa shape index (κ2) is 9.58. The minimum Gasteiger partial charge on any atom is -0.321 e. The van der Waals surface area contributed by atoms with Gasteiger partial charge in [-0.2, -0.15) is 0 Å². The van der Waals surface area contributed by atoms with E-state index in [0.717, 1.165) is 21.5 Å². The van der Waals surface area contributed by atoms with Gasteiger partial charge in [0.15, 0.2) is 10.9 Å². The Kier molecular flexibility index (Phi) is 6.61. The topological polar surface area (TPSA) is 85.6 Å². The molecule has 7 nitrogen and oxygen atoms in total. The van der Waals surface area contributed by atoms with Crippen LogP contribution in [0.3, 0.4) is 0 Å². The standard InChI is InChI=1S/C22H18BrFN6OS/c1-13-11-14(2)26-22(25-13)32-12-19-20(21(31)27-17-7-5-16(24)6-8-17)28-29-30(19)18-9-3-15(23)4-10-18/h3-11H,12H2,1-2H3,(H,27,31). The number of carbonyl (C=O) groups excluding carboxylic acids is 1. The van der Waals surface area contributed by atoms with Crippen LogP contribution in [0.1, 0.15) is 27.6 Å². The van der Waals surface area contributed by atoms with E-state index in [1.165, 1.54) is 36.0 Å². The summed E-state index contributed by atoms with van der Waals surface area (Å²) < 4.78 is 15.7. The van der Waals surface area contributed by atoms with E-state index in [0.29, 0.717) is 22.3 Å². The van der Waals surface area contributed by atoms with E-state index >= 15 is 0 Å². The lowest BCUT2D eigenvalue weighted by molar-refractivity contribution is 0.102. The number of benzene rings is 2. The van der Waals surface area contributed by atoms with Gasteiger partial charge in [-0.3, -0.25) is 4.79 Å². The Balaban J connectivity index is 1.66. The van der Waals surface area contributed by atoms with E-state index in [9.17, 15) is 9.18 Å². The summed E-state index contributed by atoms with van der Waals surface area (Å²) in [6.45, 7) is 3.82. The minimum absolute atomic E-state index is 0.175. The molecule has 0 aliphatic rings. The molecule has 1 amide bonds. The molecule has 0 radical (unpaired) electrons. The van der Waals surface area contributed by atoms with Crippen LogP contribution in [-0.2, 0) is 5.75 Å². The van der Waals surface area contributed by atoms with Crippen molar-refractivity contribution in [3.63, 3.8) is 0 Å². The van der Waals surface area contributed by atoms with Gasteiger partial charge in [0.05, 0.1) is 11.4 Å². The molecule has 10 heteroatoms. The number of hydrogen-bond donors (Lipinski definition) is 1. The Morgan fingerprint density at radius 1 is 1.06 bits per heavy atom. The predicted molar refractivity (Wildman–Crippen MR) is 124 cm³/mol. The number of thioether (sulfide) groups is 1. The number of hydrogen-bond acceptors (Lipinski definition) is 6. The summed E-state index contributed by atoms with van der Waals surface area (Å²) in [5, 5.41) is 11.7. The Labute approximate surface area is 196 Å². The van der Waals surface area contributed by atoms with E-state index in [1.54, 1.807) is 4.68 Å². The van der Waals surface area contributed by atoms with Gasteiger partial charge in [0.1, 0.15) is 5.82 Å². The van der Waals surface area contributed by atoms with Crippen LogP contribution in [-0.4, -0.2) is 30.9 Å². The van der Waals surface area contributed by atoms with Crippen LogP contribution in [0.15, 0.2) is 64.2 Å². The predicted octanol–water partition coefficient (Wildman–Crippen LogP) is 5.12. The van der Waals surface area contributed by atoms with Crippen LogP contribution in [0, 0.1) is 19.7 Å². The van der Waals surface area contributed by atoms with Crippen molar-refractivity contribution < 1.29 is 9.18 Å². The highest BCUT2D eigenvalue weighted by atomic mass is 79.9. The van der Waals surface area contributed by atoms with Crippen molar-refractivity contribution in [2.75, 3.05) is 5.32 Å². The molecular weight excluding hydrogens is 495 g/mol. The van der Waals surface area contributed by atoms with Crippen molar-refractivity contribution in [1.82, 2.24) is 25.0 Å². The van der Waals surface area contributed by atoms with E-state index < -0.39 is 5.91 Å². The molecule has 4 rings (SSSR count). The normalized spacial score (nSPS) is 10.9. The summed E-state index contributed by atoms with van der Waals surface area (Å²) in [7, 11) is 0. The lowest BCUT2D eigenvalue weighted by atomic mass is 10.2. The average molecular weight is 513 g/mol. The third kappa shape index (κ3) is 5.20. The highest BCUT2D eigenvalue weighted by molar-refractivity contribution is 9.10. The zero-order valence-electron chi connectivity index (χ0n) is 17.2. The number of amides is 1. The fourth-order valence-electron chi connectivity index (χ4n) is 3.01. The van der Waals surface area contributed by atoms with Crippen molar-refractivity contribution in [2.45, 2.75) is 24.8 Å². The summed E-state index contributed by atoms with van der Waals surface area (Å²) in [6.07, 6.45) is 0. The van der Waals surface area contributed by atoms with Crippen molar-refractivity contribution >= 4 is 39.3 Å². The Morgan fingerprint density at radius 3 is 2.38 bits per heavy atom. The Hall–Kier alpha value is -3.11. The van der Waals surface area contributed by atoms with E-state index in [-0.39, 0.29) is 11.5 Å². The second-order valence-electron chi connectivity index (χ2n) is 6.96. The van der Waals surface area contributed by atoms with Crippen LogP contribution in [0.2, 0.25) is 0 Å². The molecule has 2 aromatic heterocycles. The molecule has 0 fully saturated rings. The maximum Gasteiger partial charge on any atom is 0.278 e. The number of anilines is 1. The summed E-state index contributed by atoms with van der Waals surface area (Å²) >= 11 is 4.82. The summed E-state index contributed by atoms with van der Waals surface area (Å²) in [4.78, 5) is 21.9. The Bertz CT molecular complexity index is 1240. The first kappa shape index (κ1) is 22.1. The molecule has 0 aliphatic carbocycles. The van der Waals surface area contributed by atoms with Crippen LogP contribution in [0.4, 0.5) is 10.1 Å². The smallest absolute Gasteiger partial charge is 0.278 e. The summed E-state index contributed by atoms with van der Waals surface area (Å²) in [5.41, 5.74) is 3.74. The molecule has 0 unspecified atom stereocenters. The second-order valence-corrected chi connectivity index (χ2v) is 8.81. The lowest BCUT2D eigenvalue weighted by Crippen LogP contribution is -2.15. The molecule has 4 aromatic rings. The molecule has 0 bridgehead atoms. The van der Waals surface area contributed by atoms with Crippen molar-refractivity contribution in [3.05, 3.63) is 87.7 Å². The fourth-order valence-corrected chi connectivity index (χ4v) is 4.22. The van der Waals surface area contributed by atoms with Gasteiger partial charge in [-0.25, -0.2) is 19.0 Å². The molecule has 0 aliphatic heterocycles. The molecule has 2 heterocycles. The highest BCUT2D eigenvalue weighted by Gasteiger charge is 2.22. The number of aryl methyl sites for hydroxylation is 2. The number of aromatic nitrogens is 5. The van der Waals surface area contributed by atoms with Crippen molar-refractivity contribution in [2.24, 2.45) is 0 Å². The molecular formula is C22H18BrFN6OS. The van der Waals surface area contributed by atoms with Gasteiger partial charge in [0.2, 0.25) is 0 Å². The van der Waals surface area contributed by atoms with Gasteiger partial charge in [0, 0.05) is 27.3 Å². The monoisotopic (exact) mass is 512 g/mol. The van der Waals surface area contributed by atoms with Crippen LogP contribution in [0.25, 0.3) is 5.69 Å². The van der Waals surface area contributed by atoms with E-state index in [4.69, 9.17) is 0 Å². The van der Waals surface area contributed by atoms with E-state index in [1.807, 2.05) is 44.2 Å². The number of nitrogens with one attached hydrogen (secondary N) is 1. The van der Waals surface area contributed by atoms with E-state index in [2.05, 4.69) is 41.5 Å². The number of halogens is 2. The zero-order chi connectivity index (χ0) is 22.7. The maximum absolute atomic E-state index is 13.2. The highest BCUT2D eigenvalue weighted by Crippen LogP contribution is 2.25. The van der Waals surface area contributed by atoms with Crippen molar-refractivity contribution in [3.8, 4) is 5.69 Å². The molecule has 162 valence electrons. The first-order chi connectivity index (χ1) is 15.4. The van der Waals surface area contributed by atoms with Crippen molar-refractivity contribution in [1.29, 1.82) is 0 Å². The summed E-state index contributed by atoms with van der Waals surface area (Å²) in [6, 6.07) is 15.0. The van der Waals surface area contributed by atoms with Gasteiger partial charge in [-0.05, 0) is 68.4 Å². The largest absolute Gasteiger partial charge is 0.321 e. The SMILES string of the molecule is Cc1cc(C)nc(SCc2c(C(=O)Nc3ccc(F)cc3)nnn2-c2ccc(Br)cc2)n1. The first-order valence-corrected chi connectivity index (χ1v) is 11.4. The van der Waals surface area contributed by atoms with Gasteiger partial charge >= 0.3 is 0 Å². The zero-order valence-corrected chi connectivity index (χ0v) is 19.6. The molecule has 1 N–H and O–H groups in total. The Morgan fingerprint density at radius 2 is 1.72 bits per heavy atom. The third-order valence-electron chi connectivity index (χ3n) is 4.45. The van der Waals surface area contributed by atoms with Crippen LogP contribution >= 0.6 is 27.7 Å². The molecule has 0 saturated carbocycles. The van der Waals surface area contributed by atoms with Gasteiger partial charge < -0.3 is 5.32 Å². The molecule has 2 aromatic carbocycles. The number of carbonyl (C=O) groups is 1. The lowest BCUT2D eigenvalue weighted by Gasteiger charge is -2.09. The fraction of sp³-hybridized carbons (Fsp3) is 0.136. The number of rotatable bonds is 6. The van der Waals surface area contributed by atoms with Gasteiger partial charge in [0.25, 0.3) is 5.91 Å². The molecule has 0 atom stereocenters.